The summed E-state index contributed by atoms with van der Waals surface area (Å²) in [6.07, 6.45) is 1.45. The standard InChI is InChI=1S/2C12H10Cl2N2/c2*1-8-10(7-12(14)16-15-8)6-9-4-2-3-5-11(9)13/h2*2-5,7H,6H2,1H3. The topological polar surface area (TPSA) is 51.6 Å². The van der Waals surface area contributed by atoms with Crippen LogP contribution in [0.25, 0.3) is 0 Å². The fourth-order valence-electron chi connectivity index (χ4n) is 2.98. The summed E-state index contributed by atoms with van der Waals surface area (Å²) < 4.78 is 0. The van der Waals surface area contributed by atoms with E-state index in [2.05, 4.69) is 20.4 Å². The van der Waals surface area contributed by atoms with Crippen molar-refractivity contribution in [1.29, 1.82) is 0 Å². The molecule has 32 heavy (non-hydrogen) atoms. The quantitative estimate of drug-likeness (QED) is 0.290. The van der Waals surface area contributed by atoms with Crippen molar-refractivity contribution >= 4 is 46.4 Å². The summed E-state index contributed by atoms with van der Waals surface area (Å²) in [7, 11) is 0. The van der Waals surface area contributed by atoms with Gasteiger partial charge in [-0.3, -0.25) is 0 Å². The van der Waals surface area contributed by atoms with Gasteiger partial charge in [0.25, 0.3) is 0 Å². The van der Waals surface area contributed by atoms with Crippen LogP contribution in [-0.2, 0) is 12.8 Å². The SMILES string of the molecule is Cc1nnc(Cl)cc1Cc1ccccc1Cl.Cc1nnc(Cl)cc1Cc1ccccc1Cl. The molecule has 0 saturated carbocycles. The molecule has 0 unspecified atom stereocenters. The molecule has 0 bridgehead atoms. The van der Waals surface area contributed by atoms with Crippen LogP contribution in [0.3, 0.4) is 0 Å². The third kappa shape index (κ3) is 6.88. The summed E-state index contributed by atoms with van der Waals surface area (Å²) in [4.78, 5) is 0. The Hall–Kier alpha value is -2.24. The van der Waals surface area contributed by atoms with E-state index >= 15 is 0 Å². The van der Waals surface area contributed by atoms with Crippen LogP contribution in [0.15, 0.2) is 60.7 Å². The Labute approximate surface area is 207 Å². The lowest BCUT2D eigenvalue weighted by Gasteiger charge is -2.06. The van der Waals surface area contributed by atoms with Crippen molar-refractivity contribution in [3.63, 3.8) is 0 Å². The van der Waals surface area contributed by atoms with E-state index in [0.717, 1.165) is 56.5 Å². The molecule has 2 aromatic heterocycles. The van der Waals surface area contributed by atoms with Crippen molar-refractivity contribution < 1.29 is 0 Å². The van der Waals surface area contributed by atoms with E-state index in [1.165, 1.54) is 0 Å². The van der Waals surface area contributed by atoms with E-state index in [9.17, 15) is 0 Å². The number of nitrogens with zero attached hydrogens (tertiary/aromatic N) is 4. The molecular weight excluding hydrogens is 486 g/mol. The van der Waals surface area contributed by atoms with Crippen molar-refractivity contribution in [2.45, 2.75) is 26.7 Å². The first-order chi connectivity index (χ1) is 15.3. The Balaban J connectivity index is 0.000000181. The molecule has 0 fully saturated rings. The molecule has 2 heterocycles. The molecule has 0 spiro atoms. The van der Waals surface area contributed by atoms with E-state index in [0.29, 0.717) is 10.3 Å². The molecule has 8 heteroatoms. The smallest absolute Gasteiger partial charge is 0.152 e. The maximum atomic E-state index is 6.10. The molecule has 0 amide bonds. The molecule has 4 nitrogen and oxygen atoms in total. The second-order valence-electron chi connectivity index (χ2n) is 7.09. The number of rotatable bonds is 4. The van der Waals surface area contributed by atoms with E-state index in [4.69, 9.17) is 46.4 Å². The molecule has 0 N–H and O–H groups in total. The summed E-state index contributed by atoms with van der Waals surface area (Å²) in [5.41, 5.74) is 5.99. The minimum atomic E-state index is 0.410. The van der Waals surface area contributed by atoms with Gasteiger partial charge in [-0.25, -0.2) is 0 Å². The van der Waals surface area contributed by atoms with E-state index in [-0.39, 0.29) is 0 Å². The van der Waals surface area contributed by atoms with E-state index in [1.54, 1.807) is 0 Å². The average Bonchev–Trinajstić information content (AvgIpc) is 2.77. The summed E-state index contributed by atoms with van der Waals surface area (Å²) in [6, 6.07) is 19.2. The van der Waals surface area contributed by atoms with E-state index < -0.39 is 0 Å². The normalized spacial score (nSPS) is 10.4. The fourth-order valence-corrected chi connectivity index (χ4v) is 3.72. The molecule has 164 valence electrons. The molecule has 2 aromatic carbocycles. The average molecular weight is 506 g/mol. The maximum absolute atomic E-state index is 6.10. The van der Waals surface area contributed by atoms with Gasteiger partial charge < -0.3 is 0 Å². The van der Waals surface area contributed by atoms with Gasteiger partial charge in [0.1, 0.15) is 0 Å². The van der Waals surface area contributed by atoms with Gasteiger partial charge in [-0.05, 0) is 60.4 Å². The summed E-state index contributed by atoms with van der Waals surface area (Å²) in [5.74, 6) is 0. The first kappa shape index (κ1) is 24.4. The maximum Gasteiger partial charge on any atom is 0.152 e. The minimum absolute atomic E-state index is 0.410. The van der Waals surface area contributed by atoms with Crippen molar-refractivity contribution in [1.82, 2.24) is 20.4 Å². The van der Waals surface area contributed by atoms with Crippen LogP contribution in [-0.4, -0.2) is 20.4 Å². The van der Waals surface area contributed by atoms with Gasteiger partial charge in [0.2, 0.25) is 0 Å². The van der Waals surface area contributed by atoms with Crippen LogP contribution in [0.4, 0.5) is 0 Å². The molecule has 0 aliphatic carbocycles. The first-order valence-electron chi connectivity index (χ1n) is 9.77. The number of hydrogen-bond acceptors (Lipinski definition) is 4. The monoisotopic (exact) mass is 504 g/mol. The van der Waals surface area contributed by atoms with Crippen LogP contribution in [0.5, 0.6) is 0 Å². The van der Waals surface area contributed by atoms with Crippen molar-refractivity contribution in [3.05, 3.63) is 115 Å². The highest BCUT2D eigenvalue weighted by atomic mass is 35.5. The highest BCUT2D eigenvalue weighted by Crippen LogP contribution is 2.22. The Morgan fingerprint density at radius 1 is 0.531 bits per heavy atom. The number of hydrogen-bond donors (Lipinski definition) is 0. The van der Waals surface area contributed by atoms with Gasteiger partial charge in [0, 0.05) is 22.9 Å². The number of aromatic nitrogens is 4. The van der Waals surface area contributed by atoms with Crippen molar-refractivity contribution in [3.8, 4) is 0 Å². The Kier molecular flexibility index (Phi) is 8.83. The van der Waals surface area contributed by atoms with Gasteiger partial charge in [0.15, 0.2) is 10.3 Å². The first-order valence-corrected chi connectivity index (χ1v) is 11.3. The van der Waals surface area contributed by atoms with Crippen molar-refractivity contribution in [2.24, 2.45) is 0 Å². The van der Waals surface area contributed by atoms with Gasteiger partial charge in [-0.2, -0.15) is 10.2 Å². The molecule has 0 radical (unpaired) electrons. The molecule has 4 aromatic rings. The largest absolute Gasteiger partial charge is 0.154 e. The Morgan fingerprint density at radius 3 is 1.28 bits per heavy atom. The van der Waals surface area contributed by atoms with Gasteiger partial charge in [-0.1, -0.05) is 82.8 Å². The minimum Gasteiger partial charge on any atom is -0.154 e. The number of benzene rings is 2. The second-order valence-corrected chi connectivity index (χ2v) is 8.68. The summed E-state index contributed by atoms with van der Waals surface area (Å²) >= 11 is 23.8. The number of aryl methyl sites for hydroxylation is 2. The van der Waals surface area contributed by atoms with Crippen LogP contribution in [0.1, 0.15) is 33.6 Å². The third-order valence-electron chi connectivity index (χ3n) is 4.78. The Morgan fingerprint density at radius 2 is 0.906 bits per heavy atom. The highest BCUT2D eigenvalue weighted by Gasteiger charge is 2.07. The lowest BCUT2D eigenvalue weighted by atomic mass is 10.0. The summed E-state index contributed by atoms with van der Waals surface area (Å²) in [5, 5.41) is 17.9. The zero-order chi connectivity index (χ0) is 23.1. The molecule has 0 aliphatic rings. The van der Waals surface area contributed by atoms with Gasteiger partial charge in [0.05, 0.1) is 11.4 Å². The van der Waals surface area contributed by atoms with Gasteiger partial charge in [-0.15, -0.1) is 10.2 Å². The number of halogens is 4. The molecule has 0 saturated heterocycles. The molecule has 0 aliphatic heterocycles. The zero-order valence-corrected chi connectivity index (χ0v) is 20.5. The highest BCUT2D eigenvalue weighted by molar-refractivity contribution is 6.31. The van der Waals surface area contributed by atoms with Crippen LogP contribution in [0.2, 0.25) is 20.4 Å². The lowest BCUT2D eigenvalue weighted by Crippen LogP contribution is -1.97. The van der Waals surface area contributed by atoms with Crippen LogP contribution >= 0.6 is 46.4 Å². The predicted octanol–water partition coefficient (Wildman–Crippen LogP) is 7.37. The second kappa shape index (κ2) is 11.6. The summed E-state index contributed by atoms with van der Waals surface area (Å²) in [6.45, 7) is 3.82. The molecule has 0 atom stereocenters. The lowest BCUT2D eigenvalue weighted by molar-refractivity contribution is 0.942. The van der Waals surface area contributed by atoms with Crippen molar-refractivity contribution in [2.75, 3.05) is 0 Å². The van der Waals surface area contributed by atoms with Gasteiger partial charge >= 0.3 is 0 Å². The van der Waals surface area contributed by atoms with E-state index in [1.807, 2.05) is 74.5 Å². The van der Waals surface area contributed by atoms with Crippen LogP contribution in [0, 0.1) is 13.8 Å². The van der Waals surface area contributed by atoms with Crippen LogP contribution < -0.4 is 0 Å². The fraction of sp³-hybridized carbons (Fsp3) is 0.167. The predicted molar refractivity (Wildman–Crippen MR) is 132 cm³/mol. The zero-order valence-electron chi connectivity index (χ0n) is 17.5. The molecular formula is C24H20Cl4N4. The molecule has 4 rings (SSSR count). The Bertz CT molecular complexity index is 1120. The third-order valence-corrected chi connectivity index (χ3v) is 5.89.